The zero-order valence-electron chi connectivity index (χ0n) is 10.00. The summed E-state index contributed by atoms with van der Waals surface area (Å²) in [7, 11) is 0. The molecule has 4 heteroatoms. The molecule has 0 fully saturated rings. The maximum atomic E-state index is 12.3. The first-order valence-electron chi connectivity index (χ1n) is 5.88. The van der Waals surface area contributed by atoms with Gasteiger partial charge in [-0.25, -0.2) is 0 Å². The first-order valence-corrected chi connectivity index (χ1v) is 5.88. The Kier molecular flexibility index (Phi) is 2.56. The van der Waals surface area contributed by atoms with Crippen molar-refractivity contribution in [2.75, 3.05) is 0 Å². The fraction of sp³-hybridized carbons (Fsp3) is 0.0667. The number of fused-ring (bicyclic) bond motifs is 2. The van der Waals surface area contributed by atoms with Crippen LogP contribution in [0.2, 0.25) is 0 Å². The fourth-order valence-corrected chi connectivity index (χ4v) is 2.38. The summed E-state index contributed by atoms with van der Waals surface area (Å²) < 4.78 is 1.60. The van der Waals surface area contributed by atoms with Crippen molar-refractivity contribution in [1.29, 1.82) is 0 Å². The van der Waals surface area contributed by atoms with E-state index in [-0.39, 0.29) is 12.0 Å². The third-order valence-corrected chi connectivity index (χ3v) is 3.17. The lowest BCUT2D eigenvalue weighted by Crippen LogP contribution is -2.28. The summed E-state index contributed by atoms with van der Waals surface area (Å²) in [5, 5.41) is 12.0. The Hall–Kier alpha value is -2.62. The van der Waals surface area contributed by atoms with Crippen molar-refractivity contribution >= 4 is 27.8 Å². The van der Waals surface area contributed by atoms with Gasteiger partial charge in [-0.2, -0.15) is 0 Å². The predicted molar refractivity (Wildman–Crippen MR) is 70.7 cm³/mol. The molecular weight excluding hydrogens is 242 g/mol. The minimum atomic E-state index is -1.18. The van der Waals surface area contributed by atoms with Crippen LogP contribution in [-0.2, 0) is 11.3 Å². The van der Waals surface area contributed by atoms with Gasteiger partial charge in [0.1, 0.15) is 0 Å². The fourth-order valence-electron chi connectivity index (χ4n) is 2.38. The van der Waals surface area contributed by atoms with Crippen LogP contribution in [0.4, 0.5) is 0 Å². The molecule has 1 heterocycles. The largest absolute Gasteiger partial charge is 0.548 e. The molecule has 0 aliphatic carbocycles. The van der Waals surface area contributed by atoms with Gasteiger partial charge in [0.25, 0.3) is 0 Å². The van der Waals surface area contributed by atoms with E-state index in [1.54, 1.807) is 53.1 Å². The number of aromatic nitrogens is 1. The van der Waals surface area contributed by atoms with Gasteiger partial charge in [0.05, 0.1) is 23.5 Å². The molecule has 3 rings (SSSR count). The summed E-state index contributed by atoms with van der Waals surface area (Å²) >= 11 is 0. The Bertz CT molecular complexity index is 789. The van der Waals surface area contributed by atoms with E-state index in [1.807, 2.05) is 0 Å². The summed E-state index contributed by atoms with van der Waals surface area (Å²) in [5.74, 6) is -1.18. The van der Waals surface area contributed by atoms with E-state index in [2.05, 4.69) is 0 Å². The van der Waals surface area contributed by atoms with E-state index in [9.17, 15) is 14.7 Å². The summed E-state index contributed by atoms with van der Waals surface area (Å²) in [5.41, 5.74) is 1.13. The lowest BCUT2D eigenvalue weighted by atomic mass is 10.1. The van der Waals surface area contributed by atoms with Gasteiger partial charge < -0.3 is 14.5 Å². The second-order valence-electron chi connectivity index (χ2n) is 4.32. The first-order chi connectivity index (χ1) is 9.18. The highest BCUT2D eigenvalue weighted by molar-refractivity contribution is 5.94. The lowest BCUT2D eigenvalue weighted by Gasteiger charge is -2.15. The average molecular weight is 252 g/mol. The molecule has 0 N–H and O–H groups in total. The third-order valence-electron chi connectivity index (χ3n) is 3.17. The molecule has 19 heavy (non-hydrogen) atoms. The molecule has 0 bridgehead atoms. The molecule has 1 aromatic heterocycles. The van der Waals surface area contributed by atoms with Crippen LogP contribution >= 0.6 is 0 Å². The number of carbonyl (C=O) groups excluding carboxylic acids is 1. The third kappa shape index (κ3) is 1.78. The molecule has 0 aliphatic rings. The molecule has 0 unspecified atom stereocenters. The van der Waals surface area contributed by atoms with Crippen LogP contribution in [0.15, 0.2) is 53.3 Å². The Balaban J connectivity index is 2.56. The predicted octanol–water partition coefficient (Wildman–Crippen LogP) is 0.905. The molecule has 4 nitrogen and oxygen atoms in total. The van der Waals surface area contributed by atoms with Gasteiger partial charge in [-0.05, 0) is 24.3 Å². The van der Waals surface area contributed by atoms with Crippen LogP contribution in [0.5, 0.6) is 0 Å². The molecule has 0 amide bonds. The van der Waals surface area contributed by atoms with Crippen LogP contribution in [0.3, 0.4) is 0 Å². The number of nitrogens with zero attached hydrogens (tertiary/aromatic N) is 1. The van der Waals surface area contributed by atoms with Crippen molar-refractivity contribution in [1.82, 2.24) is 4.57 Å². The van der Waals surface area contributed by atoms with Crippen molar-refractivity contribution in [2.24, 2.45) is 0 Å². The number of hydrogen-bond donors (Lipinski definition) is 0. The molecule has 0 aliphatic heterocycles. The van der Waals surface area contributed by atoms with E-state index in [0.29, 0.717) is 21.8 Å². The second-order valence-corrected chi connectivity index (χ2v) is 4.32. The summed E-state index contributed by atoms with van der Waals surface area (Å²) in [6, 6.07) is 14.0. The van der Waals surface area contributed by atoms with Crippen LogP contribution in [0, 0.1) is 0 Å². The van der Waals surface area contributed by atoms with Gasteiger partial charge in [-0.3, -0.25) is 4.79 Å². The number of benzene rings is 2. The molecule has 2 aromatic carbocycles. The normalized spacial score (nSPS) is 10.9. The lowest BCUT2D eigenvalue weighted by molar-refractivity contribution is -0.306. The number of aliphatic carboxylic acids is 1. The number of hydrogen-bond acceptors (Lipinski definition) is 3. The summed E-state index contributed by atoms with van der Waals surface area (Å²) in [4.78, 5) is 23.3. The zero-order chi connectivity index (χ0) is 13.4. The monoisotopic (exact) mass is 252 g/mol. The van der Waals surface area contributed by atoms with Crippen LogP contribution in [-0.4, -0.2) is 10.5 Å². The minimum absolute atomic E-state index is 0.0826. The van der Waals surface area contributed by atoms with Crippen molar-refractivity contribution < 1.29 is 9.90 Å². The number of carboxylic acids is 1. The SMILES string of the molecule is O=C([O-])Cn1c2ccccc2c(=O)c2ccccc21. The quantitative estimate of drug-likeness (QED) is 0.637. The molecule has 0 saturated carbocycles. The van der Waals surface area contributed by atoms with E-state index >= 15 is 0 Å². The molecular formula is C15H10NO3-. The van der Waals surface area contributed by atoms with Gasteiger partial charge in [0.15, 0.2) is 5.43 Å². The highest BCUT2D eigenvalue weighted by Crippen LogP contribution is 2.18. The standard InChI is InChI=1S/C15H11NO3/c17-14(18)9-16-12-7-3-1-5-10(12)15(19)11-6-2-4-8-13(11)16/h1-8H,9H2,(H,17,18)/p-1. The molecule has 0 spiro atoms. The van der Waals surface area contributed by atoms with E-state index < -0.39 is 5.97 Å². The Labute approximate surface area is 108 Å². The maximum Gasteiger partial charge on any atom is 0.197 e. The van der Waals surface area contributed by atoms with Crippen LogP contribution in [0.25, 0.3) is 21.8 Å². The van der Waals surface area contributed by atoms with Crippen molar-refractivity contribution in [3.63, 3.8) is 0 Å². The summed E-state index contributed by atoms with van der Waals surface area (Å²) in [6.45, 7) is -0.276. The zero-order valence-corrected chi connectivity index (χ0v) is 10.00. The number of pyridine rings is 1. The van der Waals surface area contributed by atoms with E-state index in [0.717, 1.165) is 0 Å². The molecule has 94 valence electrons. The second kappa shape index (κ2) is 4.24. The number of rotatable bonds is 2. The topological polar surface area (TPSA) is 62.1 Å². The van der Waals surface area contributed by atoms with E-state index in [1.165, 1.54) is 0 Å². The number of carbonyl (C=O) groups is 1. The summed E-state index contributed by atoms with van der Waals surface area (Å²) in [6.07, 6.45) is 0. The first kappa shape index (κ1) is 11.5. The van der Waals surface area contributed by atoms with Crippen molar-refractivity contribution in [3.05, 3.63) is 58.8 Å². The highest BCUT2D eigenvalue weighted by Gasteiger charge is 2.09. The molecule has 0 radical (unpaired) electrons. The van der Waals surface area contributed by atoms with Crippen molar-refractivity contribution in [2.45, 2.75) is 6.54 Å². The van der Waals surface area contributed by atoms with E-state index in [4.69, 9.17) is 0 Å². The maximum absolute atomic E-state index is 12.3. The molecule has 3 aromatic rings. The molecule has 0 saturated heterocycles. The van der Waals surface area contributed by atoms with Gasteiger partial charge in [0.2, 0.25) is 0 Å². The Morgan fingerprint density at radius 1 is 0.947 bits per heavy atom. The Morgan fingerprint density at radius 3 is 1.89 bits per heavy atom. The van der Waals surface area contributed by atoms with Crippen LogP contribution < -0.4 is 10.5 Å². The molecule has 0 atom stereocenters. The average Bonchev–Trinajstić information content (AvgIpc) is 2.43. The highest BCUT2D eigenvalue weighted by atomic mass is 16.4. The minimum Gasteiger partial charge on any atom is -0.548 e. The van der Waals surface area contributed by atoms with Gasteiger partial charge in [0, 0.05) is 10.8 Å². The Morgan fingerprint density at radius 2 is 1.42 bits per heavy atom. The van der Waals surface area contributed by atoms with Gasteiger partial charge >= 0.3 is 0 Å². The van der Waals surface area contributed by atoms with Gasteiger partial charge in [-0.1, -0.05) is 24.3 Å². The number of para-hydroxylation sites is 2. The van der Waals surface area contributed by atoms with Crippen LogP contribution in [0.1, 0.15) is 0 Å². The van der Waals surface area contributed by atoms with Gasteiger partial charge in [-0.15, -0.1) is 0 Å². The van der Waals surface area contributed by atoms with Crippen molar-refractivity contribution in [3.8, 4) is 0 Å². The smallest absolute Gasteiger partial charge is 0.197 e. The number of carboxylic acid groups (broad SMARTS) is 1.